The van der Waals surface area contributed by atoms with Gasteiger partial charge in [-0.25, -0.2) is 4.79 Å². The summed E-state index contributed by atoms with van der Waals surface area (Å²) in [5.41, 5.74) is 1.99. The van der Waals surface area contributed by atoms with Gasteiger partial charge in [0.25, 0.3) is 11.5 Å². The van der Waals surface area contributed by atoms with Gasteiger partial charge in [-0.1, -0.05) is 35.4 Å². The van der Waals surface area contributed by atoms with Gasteiger partial charge in [0.1, 0.15) is 0 Å². The number of carbonyl (C=O) groups is 2. The number of rotatable bonds is 7. The second-order valence-corrected chi connectivity index (χ2v) is 7.32. The van der Waals surface area contributed by atoms with E-state index >= 15 is 0 Å². The van der Waals surface area contributed by atoms with Crippen LogP contribution in [0.2, 0.25) is 5.02 Å². The van der Waals surface area contributed by atoms with Crippen molar-refractivity contribution in [3.63, 3.8) is 0 Å². The van der Waals surface area contributed by atoms with Crippen LogP contribution >= 0.6 is 11.6 Å². The molecule has 0 bridgehead atoms. The molecular formula is C23H22ClN3O5. The predicted molar refractivity (Wildman–Crippen MR) is 121 cm³/mol. The molecule has 0 fully saturated rings. The molecule has 1 N–H and O–H groups in total. The monoisotopic (exact) mass is 455 g/mol. The average molecular weight is 456 g/mol. The van der Waals surface area contributed by atoms with Gasteiger partial charge in [-0.2, -0.15) is 9.78 Å². The first-order valence-corrected chi connectivity index (χ1v) is 10.2. The van der Waals surface area contributed by atoms with Crippen LogP contribution in [0.3, 0.4) is 0 Å². The largest absolute Gasteiger partial charge is 0.481 e. The lowest BCUT2D eigenvalue weighted by atomic mass is 10.2. The Morgan fingerprint density at radius 2 is 1.84 bits per heavy atom. The minimum atomic E-state index is -0.769. The molecule has 3 rings (SSSR count). The molecule has 3 aromatic rings. The minimum absolute atomic E-state index is 0.109. The first-order valence-electron chi connectivity index (χ1n) is 9.86. The first-order chi connectivity index (χ1) is 15.3. The highest BCUT2D eigenvalue weighted by Crippen LogP contribution is 2.23. The Balaban J connectivity index is 1.86. The van der Waals surface area contributed by atoms with Crippen LogP contribution in [0.15, 0.2) is 53.3 Å². The second-order valence-electron chi connectivity index (χ2n) is 6.91. The molecule has 0 aliphatic carbocycles. The predicted octanol–water partition coefficient (Wildman–Crippen LogP) is 3.70. The molecule has 166 valence electrons. The fourth-order valence-electron chi connectivity index (χ4n) is 2.83. The summed E-state index contributed by atoms with van der Waals surface area (Å²) < 4.78 is 11.6. The normalized spacial score (nSPS) is 10.5. The van der Waals surface area contributed by atoms with Gasteiger partial charge in [-0.15, -0.1) is 0 Å². The number of aromatic nitrogens is 2. The Labute approximate surface area is 189 Å². The molecule has 0 aliphatic heterocycles. The first kappa shape index (κ1) is 23.0. The summed E-state index contributed by atoms with van der Waals surface area (Å²) in [4.78, 5) is 37.4. The summed E-state index contributed by atoms with van der Waals surface area (Å²) in [5.74, 6) is -1.41. The molecule has 8 nitrogen and oxygen atoms in total. The maximum absolute atomic E-state index is 12.6. The van der Waals surface area contributed by atoms with E-state index in [0.29, 0.717) is 22.0 Å². The Morgan fingerprint density at radius 3 is 2.53 bits per heavy atom. The van der Waals surface area contributed by atoms with Gasteiger partial charge >= 0.3 is 5.97 Å². The number of nitrogens with one attached hydrogen (secondary N) is 1. The zero-order valence-corrected chi connectivity index (χ0v) is 18.6. The zero-order chi connectivity index (χ0) is 23.3. The van der Waals surface area contributed by atoms with Crippen molar-refractivity contribution in [3.05, 3.63) is 80.7 Å². The Morgan fingerprint density at radius 1 is 1.12 bits per heavy atom. The van der Waals surface area contributed by atoms with Crippen molar-refractivity contribution in [1.82, 2.24) is 9.78 Å². The van der Waals surface area contributed by atoms with Crippen LogP contribution in [0.5, 0.6) is 5.75 Å². The van der Waals surface area contributed by atoms with Crippen LogP contribution in [0.4, 0.5) is 5.69 Å². The lowest BCUT2D eigenvalue weighted by Gasteiger charge is -2.13. The zero-order valence-electron chi connectivity index (χ0n) is 17.8. The van der Waals surface area contributed by atoms with E-state index in [0.717, 1.165) is 16.3 Å². The van der Waals surface area contributed by atoms with Gasteiger partial charge in [0.05, 0.1) is 18.4 Å². The number of hydrogen-bond acceptors (Lipinski definition) is 6. The standard InChI is InChI=1S/C23H22ClN3O5/c1-4-31-23(30)22-19(12-21(29)27(26-22)16-10-8-14(2)9-11-16)32-13-20(28)25-18-7-5-6-17(24)15(18)3/h5-12H,4,13H2,1-3H3,(H,25,28). The quantitative estimate of drug-likeness (QED) is 0.545. The number of hydrogen-bond donors (Lipinski definition) is 1. The highest BCUT2D eigenvalue weighted by Gasteiger charge is 2.21. The van der Waals surface area contributed by atoms with E-state index in [1.807, 2.05) is 19.1 Å². The number of ether oxygens (including phenoxy) is 2. The summed E-state index contributed by atoms with van der Waals surface area (Å²) in [6.45, 7) is 4.99. The molecule has 0 saturated carbocycles. The molecular weight excluding hydrogens is 434 g/mol. The number of aryl methyl sites for hydroxylation is 1. The van der Waals surface area contributed by atoms with Crippen molar-refractivity contribution in [3.8, 4) is 11.4 Å². The van der Waals surface area contributed by atoms with Gasteiger partial charge in [0.2, 0.25) is 5.69 Å². The summed E-state index contributed by atoms with van der Waals surface area (Å²) in [6.07, 6.45) is 0. The minimum Gasteiger partial charge on any atom is -0.481 e. The van der Waals surface area contributed by atoms with Gasteiger partial charge in [-0.3, -0.25) is 9.59 Å². The molecule has 0 saturated heterocycles. The maximum Gasteiger partial charge on any atom is 0.362 e. The van der Waals surface area contributed by atoms with E-state index in [-0.39, 0.29) is 18.1 Å². The van der Waals surface area contributed by atoms with Crippen molar-refractivity contribution >= 4 is 29.2 Å². The maximum atomic E-state index is 12.6. The molecule has 1 aromatic heterocycles. The lowest BCUT2D eigenvalue weighted by Crippen LogP contribution is -2.27. The van der Waals surface area contributed by atoms with Crippen molar-refractivity contribution in [2.75, 3.05) is 18.5 Å². The van der Waals surface area contributed by atoms with Crippen LogP contribution in [0.25, 0.3) is 5.69 Å². The number of anilines is 1. The van der Waals surface area contributed by atoms with E-state index in [1.54, 1.807) is 44.2 Å². The Hall–Kier alpha value is -3.65. The van der Waals surface area contributed by atoms with Crippen LogP contribution in [0, 0.1) is 13.8 Å². The Kier molecular flexibility index (Phi) is 7.27. The second kappa shape index (κ2) is 10.1. The van der Waals surface area contributed by atoms with Gasteiger partial charge in [-0.05, 0) is 50.6 Å². The third kappa shape index (κ3) is 5.33. The number of carbonyl (C=O) groups excluding carboxylic acids is 2. The molecule has 1 heterocycles. The molecule has 2 aromatic carbocycles. The van der Waals surface area contributed by atoms with Crippen LogP contribution in [-0.2, 0) is 9.53 Å². The number of amides is 1. The highest BCUT2D eigenvalue weighted by atomic mass is 35.5. The highest BCUT2D eigenvalue weighted by molar-refractivity contribution is 6.31. The SMILES string of the molecule is CCOC(=O)c1nn(-c2ccc(C)cc2)c(=O)cc1OCC(=O)Nc1cccc(Cl)c1C. The molecule has 32 heavy (non-hydrogen) atoms. The third-order valence-corrected chi connectivity index (χ3v) is 4.95. The van der Waals surface area contributed by atoms with Crippen molar-refractivity contribution in [1.29, 1.82) is 0 Å². The summed E-state index contributed by atoms with van der Waals surface area (Å²) >= 11 is 6.07. The summed E-state index contributed by atoms with van der Waals surface area (Å²) in [5, 5.41) is 7.33. The summed E-state index contributed by atoms with van der Waals surface area (Å²) in [7, 11) is 0. The fourth-order valence-corrected chi connectivity index (χ4v) is 3.01. The molecule has 0 aliphatic rings. The van der Waals surface area contributed by atoms with E-state index in [9.17, 15) is 14.4 Å². The Bertz CT molecular complexity index is 1210. The third-order valence-electron chi connectivity index (χ3n) is 4.54. The smallest absolute Gasteiger partial charge is 0.362 e. The van der Waals surface area contributed by atoms with E-state index in [2.05, 4.69) is 10.4 Å². The van der Waals surface area contributed by atoms with Crippen molar-refractivity contribution in [2.24, 2.45) is 0 Å². The van der Waals surface area contributed by atoms with Gasteiger partial charge in [0, 0.05) is 10.7 Å². The van der Waals surface area contributed by atoms with Crippen LogP contribution < -0.4 is 15.6 Å². The topological polar surface area (TPSA) is 99.5 Å². The number of halogens is 1. The average Bonchev–Trinajstić information content (AvgIpc) is 2.76. The van der Waals surface area contributed by atoms with Crippen molar-refractivity contribution in [2.45, 2.75) is 20.8 Å². The van der Waals surface area contributed by atoms with E-state index < -0.39 is 24.0 Å². The number of nitrogens with zero attached hydrogens (tertiary/aromatic N) is 2. The van der Waals surface area contributed by atoms with Gasteiger partial charge < -0.3 is 14.8 Å². The molecule has 0 spiro atoms. The molecule has 9 heteroatoms. The fraction of sp³-hybridized carbons (Fsp3) is 0.217. The lowest BCUT2D eigenvalue weighted by molar-refractivity contribution is -0.118. The van der Waals surface area contributed by atoms with Gasteiger partial charge in [0.15, 0.2) is 12.4 Å². The number of esters is 1. The van der Waals surface area contributed by atoms with Crippen molar-refractivity contribution < 1.29 is 19.1 Å². The molecule has 1 amide bonds. The molecule has 0 atom stereocenters. The van der Waals surface area contributed by atoms with E-state index in [1.165, 1.54) is 0 Å². The molecule has 0 radical (unpaired) electrons. The number of benzene rings is 2. The summed E-state index contributed by atoms with van der Waals surface area (Å²) in [6, 6.07) is 13.3. The molecule has 0 unspecified atom stereocenters. The van der Waals surface area contributed by atoms with E-state index in [4.69, 9.17) is 21.1 Å². The van der Waals surface area contributed by atoms with Crippen LogP contribution in [-0.4, -0.2) is 34.9 Å². The van der Waals surface area contributed by atoms with Crippen LogP contribution in [0.1, 0.15) is 28.5 Å².